The minimum Gasteiger partial charge on any atom is -0.493 e. The highest BCUT2D eigenvalue weighted by atomic mass is 16.5. The maximum atomic E-state index is 12.3. The number of ether oxygens (including phenoxy) is 3. The number of nitrogens with one attached hydrogen (secondary N) is 3. The molecule has 30 heavy (non-hydrogen) atoms. The van der Waals surface area contributed by atoms with Crippen molar-refractivity contribution in [1.82, 2.24) is 20.3 Å². The second-order valence-electron chi connectivity index (χ2n) is 5.80. The fourth-order valence-corrected chi connectivity index (χ4v) is 2.68. The summed E-state index contributed by atoms with van der Waals surface area (Å²) in [5.41, 5.74) is 1.01. The number of benzene rings is 2. The van der Waals surface area contributed by atoms with E-state index >= 15 is 0 Å². The number of methoxy groups -OCH3 is 3. The molecule has 0 aliphatic carbocycles. The molecule has 0 aliphatic rings. The molecule has 0 spiro atoms. The van der Waals surface area contributed by atoms with Gasteiger partial charge < -0.3 is 30.2 Å². The van der Waals surface area contributed by atoms with Gasteiger partial charge in [0.15, 0.2) is 11.5 Å². The summed E-state index contributed by atoms with van der Waals surface area (Å²) in [6.45, 7) is -2.62. The summed E-state index contributed by atoms with van der Waals surface area (Å²) in [5, 5.41) is 7.90. The van der Waals surface area contributed by atoms with Crippen LogP contribution in [0.25, 0.3) is 0 Å². The molecule has 0 fully saturated rings. The van der Waals surface area contributed by atoms with E-state index < -0.39 is 12.9 Å². The molecule has 2 aromatic carbocycles. The van der Waals surface area contributed by atoms with E-state index in [4.69, 9.17) is 18.3 Å². The van der Waals surface area contributed by atoms with Gasteiger partial charge in [-0.3, -0.25) is 4.79 Å². The number of anilines is 4. The second kappa shape index (κ2) is 9.41. The lowest BCUT2D eigenvalue weighted by molar-refractivity contribution is 0.0964. The van der Waals surface area contributed by atoms with Crippen molar-refractivity contribution < 1.29 is 23.1 Å². The molecule has 3 aromatic rings. The van der Waals surface area contributed by atoms with E-state index in [2.05, 4.69) is 25.6 Å². The Labute approximate surface area is 177 Å². The quantitative estimate of drug-likeness (QED) is 0.512. The van der Waals surface area contributed by atoms with E-state index in [1.807, 2.05) is 5.32 Å². The van der Waals surface area contributed by atoms with Gasteiger partial charge in [-0.25, -0.2) is 9.97 Å². The zero-order chi connectivity index (χ0) is 24.0. The van der Waals surface area contributed by atoms with Crippen LogP contribution in [0, 0.1) is 0 Å². The molecule has 0 unspecified atom stereocenters. The van der Waals surface area contributed by atoms with Crippen molar-refractivity contribution in [2.75, 3.05) is 38.9 Å². The van der Waals surface area contributed by atoms with Gasteiger partial charge in [0, 0.05) is 28.9 Å². The molecule has 1 heterocycles. The number of aromatic nitrogens is 3. The molecule has 0 aliphatic heterocycles. The first-order valence-corrected chi connectivity index (χ1v) is 8.68. The maximum absolute atomic E-state index is 12.3. The molecule has 10 heteroatoms. The average Bonchev–Trinajstić information content (AvgIpc) is 2.77. The number of hydrogen-bond donors (Lipinski definition) is 3. The van der Waals surface area contributed by atoms with Gasteiger partial charge in [-0.2, -0.15) is 4.98 Å². The summed E-state index contributed by atoms with van der Waals surface area (Å²) in [7, 11) is 4.52. The van der Waals surface area contributed by atoms with Crippen molar-refractivity contribution in [2.24, 2.45) is 0 Å². The Morgan fingerprint density at radius 3 is 2.27 bits per heavy atom. The molecule has 0 bridgehead atoms. The fraction of sp³-hybridized carbons (Fsp3) is 0.200. The van der Waals surface area contributed by atoms with Gasteiger partial charge in [-0.1, -0.05) is 12.1 Å². The minimum absolute atomic E-state index is 0.119. The molecule has 3 rings (SSSR count). The summed E-state index contributed by atoms with van der Waals surface area (Å²) in [4.78, 5) is 24.8. The highest BCUT2D eigenvalue weighted by Gasteiger charge is 2.14. The number of carbonyl (C=O) groups is 1. The smallest absolute Gasteiger partial charge is 0.253 e. The molecule has 0 saturated heterocycles. The first kappa shape index (κ1) is 16.8. The normalized spacial score (nSPS) is 12.0. The number of amides is 1. The van der Waals surface area contributed by atoms with Crippen LogP contribution in [0.5, 0.6) is 17.2 Å². The fourth-order valence-electron chi connectivity index (χ4n) is 2.68. The largest absolute Gasteiger partial charge is 0.493 e. The van der Waals surface area contributed by atoms with Crippen LogP contribution in [0.2, 0.25) is 0 Å². The van der Waals surface area contributed by atoms with Gasteiger partial charge in [-0.15, -0.1) is 0 Å². The molecule has 156 valence electrons. The number of para-hydroxylation sites is 1. The highest BCUT2D eigenvalue weighted by Crippen LogP contribution is 2.40. The maximum Gasteiger partial charge on any atom is 0.253 e. The Kier molecular flexibility index (Phi) is 5.28. The molecule has 0 radical (unpaired) electrons. The van der Waals surface area contributed by atoms with Crippen LogP contribution < -0.4 is 30.2 Å². The third-order valence-electron chi connectivity index (χ3n) is 4.02. The number of hydrogen-bond acceptors (Lipinski definition) is 9. The second-order valence-corrected chi connectivity index (χ2v) is 5.80. The van der Waals surface area contributed by atoms with E-state index in [0.717, 1.165) is 0 Å². The molecule has 10 nitrogen and oxygen atoms in total. The van der Waals surface area contributed by atoms with Gasteiger partial charge in [0.05, 0.1) is 32.6 Å². The van der Waals surface area contributed by atoms with Gasteiger partial charge in [0.2, 0.25) is 17.6 Å². The van der Waals surface area contributed by atoms with Crippen molar-refractivity contribution in [3.8, 4) is 17.2 Å². The first-order chi connectivity index (χ1) is 15.7. The lowest BCUT2D eigenvalue weighted by Crippen LogP contribution is -2.19. The van der Waals surface area contributed by atoms with E-state index in [9.17, 15) is 4.79 Å². The lowest BCUT2D eigenvalue weighted by Gasteiger charge is -2.15. The van der Waals surface area contributed by atoms with Crippen LogP contribution in [0.15, 0.2) is 42.7 Å². The standard InChI is InChI=1S/C20H22N6O4/c1-21-18(27)13-7-5-6-8-14(13)25-20-23-11-22-19(26-20)24-12-9-15(28-2)17(30-4)16(10-12)29-3/h5-11H,1-4H3,(H,21,27)(H2,22,23,24,25,26)/i1D3. The van der Waals surface area contributed by atoms with Crippen LogP contribution >= 0.6 is 0 Å². The predicted octanol–water partition coefficient (Wildman–Crippen LogP) is 2.74. The highest BCUT2D eigenvalue weighted by molar-refractivity contribution is 5.99. The molecule has 0 saturated carbocycles. The topological polar surface area (TPSA) is 120 Å². The Bertz CT molecular complexity index is 1120. The van der Waals surface area contributed by atoms with Crippen molar-refractivity contribution in [1.29, 1.82) is 0 Å². The molecule has 1 aromatic heterocycles. The third-order valence-corrected chi connectivity index (χ3v) is 4.02. The van der Waals surface area contributed by atoms with Crippen molar-refractivity contribution in [3.63, 3.8) is 0 Å². The van der Waals surface area contributed by atoms with Crippen molar-refractivity contribution in [2.45, 2.75) is 0 Å². The Morgan fingerprint density at radius 1 is 0.967 bits per heavy atom. The zero-order valence-electron chi connectivity index (χ0n) is 19.5. The number of rotatable bonds is 8. The van der Waals surface area contributed by atoms with Crippen LogP contribution in [0.4, 0.5) is 23.3 Å². The van der Waals surface area contributed by atoms with Crippen molar-refractivity contribution >= 4 is 29.2 Å². The zero-order valence-corrected chi connectivity index (χ0v) is 16.5. The van der Waals surface area contributed by atoms with Crippen molar-refractivity contribution in [3.05, 3.63) is 48.3 Å². The number of nitrogens with zero attached hydrogens (tertiary/aromatic N) is 3. The SMILES string of the molecule is [2H]C([2H])([2H])NC(=O)c1ccccc1Nc1ncnc(Nc2cc(OC)c(OC)c(OC)c2)n1. The molecule has 1 amide bonds. The van der Waals surface area contributed by atoms with Crippen LogP contribution in [-0.4, -0.2) is 49.2 Å². The molecular weight excluding hydrogens is 388 g/mol. The molecule has 3 N–H and O–H groups in total. The summed E-state index contributed by atoms with van der Waals surface area (Å²) in [6.07, 6.45) is 1.28. The minimum atomic E-state index is -2.62. The van der Waals surface area contributed by atoms with E-state index in [1.54, 1.807) is 30.3 Å². The van der Waals surface area contributed by atoms with Gasteiger partial charge >= 0.3 is 0 Å². The lowest BCUT2D eigenvalue weighted by atomic mass is 10.1. The Hall–Kier alpha value is -4.08. The summed E-state index contributed by atoms with van der Waals surface area (Å²) >= 11 is 0. The van der Waals surface area contributed by atoms with E-state index in [0.29, 0.717) is 28.6 Å². The van der Waals surface area contributed by atoms with E-state index in [1.165, 1.54) is 33.7 Å². The molecule has 0 atom stereocenters. The van der Waals surface area contributed by atoms with Gasteiger partial charge in [-0.05, 0) is 12.1 Å². The summed E-state index contributed by atoms with van der Waals surface area (Å²) in [6, 6.07) is 9.76. The van der Waals surface area contributed by atoms with Crippen LogP contribution in [0.1, 0.15) is 14.5 Å². The molecular formula is C20H22N6O4. The Balaban J connectivity index is 1.84. The third kappa shape index (κ3) is 4.49. The summed E-state index contributed by atoms with van der Waals surface area (Å²) < 4.78 is 37.7. The Morgan fingerprint density at radius 2 is 1.63 bits per heavy atom. The first-order valence-electron chi connectivity index (χ1n) is 10.2. The monoisotopic (exact) mass is 413 g/mol. The predicted molar refractivity (Wildman–Crippen MR) is 112 cm³/mol. The average molecular weight is 413 g/mol. The van der Waals surface area contributed by atoms with Crippen LogP contribution in [-0.2, 0) is 0 Å². The van der Waals surface area contributed by atoms with Gasteiger partial charge in [0.1, 0.15) is 6.33 Å². The summed E-state index contributed by atoms with van der Waals surface area (Å²) in [5.74, 6) is 0.903. The number of carbonyl (C=O) groups excluding carboxylic acids is 1. The van der Waals surface area contributed by atoms with Gasteiger partial charge in [0.25, 0.3) is 5.91 Å². The van der Waals surface area contributed by atoms with E-state index in [-0.39, 0.29) is 17.5 Å². The van der Waals surface area contributed by atoms with Crippen LogP contribution in [0.3, 0.4) is 0 Å².